The average Bonchev–Trinajstić information content (AvgIpc) is 3.34. The second-order valence-electron chi connectivity index (χ2n) is 7.63. The lowest BCUT2D eigenvalue weighted by Gasteiger charge is -2.29. The largest absolute Gasteiger partial charge is 0.361 e. The Morgan fingerprint density at radius 2 is 1.90 bits per heavy atom. The monoisotopic (exact) mass is 424 g/mol. The second kappa shape index (κ2) is 8.57. The molecule has 1 atom stereocenters. The molecule has 0 radical (unpaired) electrons. The van der Waals surface area contributed by atoms with Crippen molar-refractivity contribution in [2.75, 3.05) is 23.7 Å². The van der Waals surface area contributed by atoms with E-state index in [0.29, 0.717) is 11.2 Å². The molecule has 3 N–H and O–H groups in total. The van der Waals surface area contributed by atoms with Crippen molar-refractivity contribution < 1.29 is 0 Å². The molecule has 150 valence electrons. The Hall–Kier alpha value is -2.34. The summed E-state index contributed by atoms with van der Waals surface area (Å²) >= 11 is 5.48. The van der Waals surface area contributed by atoms with Crippen LogP contribution in [0.3, 0.4) is 0 Å². The first-order valence-electron chi connectivity index (χ1n) is 9.94. The van der Waals surface area contributed by atoms with Gasteiger partial charge < -0.3 is 15.6 Å². The molecule has 0 saturated carbocycles. The van der Waals surface area contributed by atoms with E-state index in [-0.39, 0.29) is 12.4 Å². The standard InChI is InChI=1S/C23H24N4S.ClH/c28-23(25-17-5-2-1-3-6-17)26-18-8-9-22-20(14-18)21(15-24-22)16-10-12-27-11-4-7-19(27)13-16;/h1-3,5-6,8-10,14-15,19,24H,4,7,11-13H2,(H2,25,26,28);1H. The topological polar surface area (TPSA) is 43.1 Å². The lowest BCUT2D eigenvalue weighted by molar-refractivity contribution is 0.275. The van der Waals surface area contributed by atoms with E-state index in [1.807, 2.05) is 30.3 Å². The molecule has 0 amide bonds. The molecule has 6 heteroatoms. The van der Waals surface area contributed by atoms with Gasteiger partial charge in [-0.15, -0.1) is 12.4 Å². The number of H-pyrrole nitrogens is 1. The molecule has 1 aromatic heterocycles. The van der Waals surface area contributed by atoms with E-state index in [9.17, 15) is 0 Å². The maximum atomic E-state index is 5.48. The number of hydrogen-bond acceptors (Lipinski definition) is 2. The summed E-state index contributed by atoms with van der Waals surface area (Å²) in [5.74, 6) is 0. The fraction of sp³-hybridized carbons (Fsp3) is 0.261. The molecule has 1 saturated heterocycles. The first-order chi connectivity index (χ1) is 13.8. The van der Waals surface area contributed by atoms with Crippen LogP contribution >= 0.6 is 24.6 Å². The maximum absolute atomic E-state index is 5.48. The van der Waals surface area contributed by atoms with Crippen molar-refractivity contribution >= 4 is 57.6 Å². The number of anilines is 2. The molecular weight excluding hydrogens is 400 g/mol. The van der Waals surface area contributed by atoms with Crippen LogP contribution in [-0.2, 0) is 0 Å². The number of fused-ring (bicyclic) bond motifs is 2. The van der Waals surface area contributed by atoms with Gasteiger partial charge in [-0.1, -0.05) is 24.3 Å². The minimum atomic E-state index is 0. The van der Waals surface area contributed by atoms with Gasteiger partial charge in [-0.3, -0.25) is 4.90 Å². The zero-order valence-electron chi connectivity index (χ0n) is 16.2. The average molecular weight is 425 g/mol. The number of thiocarbonyl (C=S) groups is 1. The van der Waals surface area contributed by atoms with Gasteiger partial charge in [-0.25, -0.2) is 0 Å². The van der Waals surface area contributed by atoms with Crippen LogP contribution in [-0.4, -0.2) is 34.1 Å². The molecule has 2 aromatic carbocycles. The normalized spacial score (nSPS) is 18.6. The highest BCUT2D eigenvalue weighted by Gasteiger charge is 2.28. The Bertz CT molecular complexity index is 1040. The first kappa shape index (κ1) is 20.0. The van der Waals surface area contributed by atoms with Crippen LogP contribution in [0.25, 0.3) is 16.5 Å². The number of para-hydroxylation sites is 1. The summed E-state index contributed by atoms with van der Waals surface area (Å²) < 4.78 is 0. The third kappa shape index (κ3) is 4.17. The third-order valence-corrected chi connectivity index (χ3v) is 6.05. The van der Waals surface area contributed by atoms with Crippen molar-refractivity contribution in [3.05, 3.63) is 66.4 Å². The first-order valence-corrected chi connectivity index (χ1v) is 10.3. The van der Waals surface area contributed by atoms with Crippen molar-refractivity contribution in [3.63, 3.8) is 0 Å². The molecule has 5 rings (SSSR count). The van der Waals surface area contributed by atoms with Gasteiger partial charge in [0.15, 0.2) is 5.11 Å². The summed E-state index contributed by atoms with van der Waals surface area (Å²) in [5.41, 5.74) is 5.94. The lowest BCUT2D eigenvalue weighted by atomic mass is 9.94. The molecule has 0 spiro atoms. The molecule has 0 aliphatic carbocycles. The summed E-state index contributed by atoms with van der Waals surface area (Å²) in [7, 11) is 0. The van der Waals surface area contributed by atoms with Crippen LogP contribution in [0.5, 0.6) is 0 Å². The molecule has 0 bridgehead atoms. The maximum Gasteiger partial charge on any atom is 0.175 e. The quantitative estimate of drug-likeness (QED) is 0.475. The fourth-order valence-electron chi connectivity index (χ4n) is 4.43. The van der Waals surface area contributed by atoms with Crippen LogP contribution < -0.4 is 10.6 Å². The highest BCUT2D eigenvalue weighted by molar-refractivity contribution is 7.80. The SMILES string of the molecule is Cl.S=C(Nc1ccccc1)Nc1ccc2[nH]cc(C3=CCN4CCCC4C3)c2c1. The number of halogens is 1. The summed E-state index contributed by atoms with van der Waals surface area (Å²) in [4.78, 5) is 6.04. The zero-order chi connectivity index (χ0) is 18.9. The highest BCUT2D eigenvalue weighted by atomic mass is 35.5. The van der Waals surface area contributed by atoms with Gasteiger partial charge in [-0.05, 0) is 73.9 Å². The Balaban J connectivity index is 0.00000205. The van der Waals surface area contributed by atoms with Crippen molar-refractivity contribution in [2.45, 2.75) is 25.3 Å². The lowest BCUT2D eigenvalue weighted by Crippen LogP contribution is -2.32. The summed E-state index contributed by atoms with van der Waals surface area (Å²) in [6.45, 7) is 2.33. The summed E-state index contributed by atoms with van der Waals surface area (Å²) in [6.07, 6.45) is 8.38. The van der Waals surface area contributed by atoms with Crippen molar-refractivity contribution in [3.8, 4) is 0 Å². The fourth-order valence-corrected chi connectivity index (χ4v) is 4.67. The zero-order valence-corrected chi connectivity index (χ0v) is 17.8. The highest BCUT2D eigenvalue weighted by Crippen LogP contribution is 2.35. The number of rotatable bonds is 3. The van der Waals surface area contributed by atoms with Crippen molar-refractivity contribution in [1.82, 2.24) is 9.88 Å². The van der Waals surface area contributed by atoms with E-state index in [1.165, 1.54) is 35.9 Å². The number of nitrogens with one attached hydrogen (secondary N) is 3. The Kier molecular flexibility index (Phi) is 5.90. The van der Waals surface area contributed by atoms with Gasteiger partial charge >= 0.3 is 0 Å². The number of nitrogens with zero attached hydrogens (tertiary/aromatic N) is 1. The van der Waals surface area contributed by atoms with Crippen molar-refractivity contribution in [1.29, 1.82) is 0 Å². The molecule has 2 aliphatic rings. The Morgan fingerprint density at radius 3 is 2.76 bits per heavy atom. The minimum Gasteiger partial charge on any atom is -0.361 e. The molecule has 2 aliphatic heterocycles. The van der Waals surface area contributed by atoms with E-state index in [0.717, 1.165) is 29.9 Å². The molecular formula is C23H25ClN4S. The number of aromatic amines is 1. The number of hydrogen-bond donors (Lipinski definition) is 3. The van der Waals surface area contributed by atoms with E-state index < -0.39 is 0 Å². The smallest absolute Gasteiger partial charge is 0.175 e. The van der Waals surface area contributed by atoms with E-state index in [2.05, 4.69) is 51.0 Å². The van der Waals surface area contributed by atoms with Gasteiger partial charge in [-0.2, -0.15) is 0 Å². The van der Waals surface area contributed by atoms with Gasteiger partial charge in [0.2, 0.25) is 0 Å². The minimum absolute atomic E-state index is 0. The molecule has 3 aromatic rings. The van der Waals surface area contributed by atoms with Crippen LogP contribution in [0.15, 0.2) is 60.8 Å². The second-order valence-corrected chi connectivity index (χ2v) is 8.04. The predicted octanol–water partition coefficient (Wildman–Crippen LogP) is 5.65. The molecule has 3 heterocycles. The van der Waals surface area contributed by atoms with Gasteiger partial charge in [0.25, 0.3) is 0 Å². The molecule has 4 nitrogen and oxygen atoms in total. The molecule has 29 heavy (non-hydrogen) atoms. The van der Waals surface area contributed by atoms with Gasteiger partial charge in [0, 0.05) is 46.6 Å². The van der Waals surface area contributed by atoms with Crippen molar-refractivity contribution in [2.24, 2.45) is 0 Å². The van der Waals surface area contributed by atoms with Crippen LogP contribution in [0, 0.1) is 0 Å². The third-order valence-electron chi connectivity index (χ3n) is 5.84. The van der Waals surface area contributed by atoms with Crippen LogP contribution in [0.1, 0.15) is 24.8 Å². The number of benzene rings is 2. The van der Waals surface area contributed by atoms with E-state index in [1.54, 1.807) is 0 Å². The van der Waals surface area contributed by atoms with E-state index >= 15 is 0 Å². The van der Waals surface area contributed by atoms with Crippen LogP contribution in [0.2, 0.25) is 0 Å². The molecule has 1 fully saturated rings. The molecule has 1 unspecified atom stereocenters. The predicted molar refractivity (Wildman–Crippen MR) is 129 cm³/mol. The Labute approximate surface area is 182 Å². The summed E-state index contributed by atoms with van der Waals surface area (Å²) in [5, 5.41) is 8.40. The van der Waals surface area contributed by atoms with E-state index in [4.69, 9.17) is 12.2 Å². The Morgan fingerprint density at radius 1 is 1.07 bits per heavy atom. The summed E-state index contributed by atoms with van der Waals surface area (Å²) in [6, 6.07) is 17.1. The number of aromatic nitrogens is 1. The van der Waals surface area contributed by atoms with Crippen LogP contribution in [0.4, 0.5) is 11.4 Å². The van der Waals surface area contributed by atoms with Gasteiger partial charge in [0.1, 0.15) is 0 Å². The van der Waals surface area contributed by atoms with Gasteiger partial charge in [0.05, 0.1) is 0 Å².